The first-order valence-corrected chi connectivity index (χ1v) is 22.3. The third-order valence-corrected chi connectivity index (χ3v) is 13.6. The zero-order valence-corrected chi connectivity index (χ0v) is 35.4. The Morgan fingerprint density at radius 3 is 1.38 bits per heavy atom. The van der Waals surface area contributed by atoms with Crippen LogP contribution < -0.4 is 0 Å². The topological polar surface area (TPSA) is 38.7 Å². The molecular formula is C62H39N3. The molecule has 0 N–H and O–H groups in total. The number of fused-ring (bicyclic) bond motifs is 11. The highest BCUT2D eigenvalue weighted by Crippen LogP contribution is 2.64. The minimum atomic E-state index is -0.418. The van der Waals surface area contributed by atoms with Gasteiger partial charge in [-0.15, -0.1) is 0 Å². The largest absolute Gasteiger partial charge is 0.208 e. The van der Waals surface area contributed by atoms with Crippen LogP contribution in [0.1, 0.15) is 22.3 Å². The van der Waals surface area contributed by atoms with Crippen LogP contribution >= 0.6 is 0 Å². The highest BCUT2D eigenvalue weighted by molar-refractivity contribution is 6.08. The Labute approximate surface area is 378 Å². The SMILES string of the molecule is c1ccc(-c2cccc(-c3nc(-c4ccccc4)nc(-c4ccc(-c5c(-c6cccc7c6-c6ccccc6C76c7ccccc7-c7ccccc76)ccc6ccccc56)cc4)n3)c2)cc1. The van der Waals surface area contributed by atoms with Crippen LogP contribution in [0.4, 0.5) is 0 Å². The summed E-state index contributed by atoms with van der Waals surface area (Å²) in [6.07, 6.45) is 0. The van der Waals surface area contributed by atoms with Crippen LogP contribution in [0.15, 0.2) is 237 Å². The summed E-state index contributed by atoms with van der Waals surface area (Å²) < 4.78 is 0. The first-order valence-electron chi connectivity index (χ1n) is 22.3. The summed E-state index contributed by atoms with van der Waals surface area (Å²) in [5.41, 5.74) is 20.0. The third kappa shape index (κ3) is 5.72. The molecule has 1 aromatic heterocycles. The molecule has 0 bridgehead atoms. The predicted octanol–water partition coefficient (Wildman–Crippen LogP) is 15.4. The molecule has 0 amide bonds. The van der Waals surface area contributed by atoms with Gasteiger partial charge in [0.15, 0.2) is 17.5 Å². The van der Waals surface area contributed by atoms with E-state index in [2.05, 4.69) is 212 Å². The molecule has 1 spiro atoms. The number of rotatable bonds is 6. The number of hydrogen-bond donors (Lipinski definition) is 0. The number of nitrogens with zero attached hydrogens (tertiary/aromatic N) is 3. The van der Waals surface area contributed by atoms with Crippen molar-refractivity contribution in [1.29, 1.82) is 0 Å². The minimum Gasteiger partial charge on any atom is -0.208 e. The molecule has 0 saturated carbocycles. The Hall–Kier alpha value is -8.53. The molecule has 0 aliphatic heterocycles. The Morgan fingerprint density at radius 1 is 0.246 bits per heavy atom. The Kier molecular flexibility index (Phi) is 8.44. The van der Waals surface area contributed by atoms with Gasteiger partial charge in [-0.05, 0) is 94.7 Å². The van der Waals surface area contributed by atoms with Crippen molar-refractivity contribution in [3.63, 3.8) is 0 Å². The molecule has 0 radical (unpaired) electrons. The van der Waals surface area contributed by atoms with Gasteiger partial charge in [0, 0.05) is 16.7 Å². The lowest BCUT2D eigenvalue weighted by Gasteiger charge is -2.30. The maximum Gasteiger partial charge on any atom is 0.164 e. The fourth-order valence-corrected chi connectivity index (χ4v) is 10.8. The average molecular weight is 826 g/mol. The smallest absolute Gasteiger partial charge is 0.164 e. The molecule has 11 aromatic rings. The molecule has 3 heteroatoms. The van der Waals surface area contributed by atoms with Gasteiger partial charge in [0.25, 0.3) is 0 Å². The van der Waals surface area contributed by atoms with Crippen LogP contribution in [0.25, 0.3) is 101 Å². The lowest BCUT2D eigenvalue weighted by Crippen LogP contribution is -2.25. The second-order valence-corrected chi connectivity index (χ2v) is 17.0. The van der Waals surface area contributed by atoms with Gasteiger partial charge in [-0.2, -0.15) is 0 Å². The van der Waals surface area contributed by atoms with Crippen molar-refractivity contribution >= 4 is 10.8 Å². The Morgan fingerprint density at radius 2 is 0.692 bits per heavy atom. The summed E-state index contributed by atoms with van der Waals surface area (Å²) in [5.74, 6) is 1.90. The number of aromatic nitrogens is 3. The zero-order chi connectivity index (χ0) is 42.9. The quantitative estimate of drug-likeness (QED) is 0.168. The van der Waals surface area contributed by atoms with Crippen molar-refractivity contribution in [2.24, 2.45) is 0 Å². The zero-order valence-electron chi connectivity index (χ0n) is 35.4. The van der Waals surface area contributed by atoms with Gasteiger partial charge < -0.3 is 0 Å². The van der Waals surface area contributed by atoms with Gasteiger partial charge in [0.2, 0.25) is 0 Å². The third-order valence-electron chi connectivity index (χ3n) is 13.6. The van der Waals surface area contributed by atoms with Gasteiger partial charge in [-0.1, -0.05) is 231 Å². The average Bonchev–Trinajstić information content (AvgIpc) is 3.86. The fraction of sp³-hybridized carbons (Fsp3) is 0.0161. The molecule has 0 atom stereocenters. The lowest BCUT2D eigenvalue weighted by atomic mass is 9.70. The molecule has 13 rings (SSSR count). The van der Waals surface area contributed by atoms with Crippen molar-refractivity contribution in [3.05, 3.63) is 259 Å². The van der Waals surface area contributed by atoms with Crippen LogP contribution in [-0.4, -0.2) is 15.0 Å². The van der Waals surface area contributed by atoms with Gasteiger partial charge in [-0.25, -0.2) is 15.0 Å². The Bertz CT molecular complexity index is 3600. The predicted molar refractivity (Wildman–Crippen MR) is 266 cm³/mol. The van der Waals surface area contributed by atoms with Crippen LogP contribution in [0.3, 0.4) is 0 Å². The van der Waals surface area contributed by atoms with Gasteiger partial charge in [0.05, 0.1) is 5.41 Å². The summed E-state index contributed by atoms with van der Waals surface area (Å²) in [7, 11) is 0. The van der Waals surface area contributed by atoms with E-state index < -0.39 is 5.41 Å². The van der Waals surface area contributed by atoms with E-state index in [-0.39, 0.29) is 0 Å². The summed E-state index contributed by atoms with van der Waals surface area (Å²) in [6, 6.07) is 85.3. The summed E-state index contributed by atoms with van der Waals surface area (Å²) in [4.78, 5) is 15.3. The molecule has 2 aliphatic rings. The summed E-state index contributed by atoms with van der Waals surface area (Å²) in [6.45, 7) is 0. The lowest BCUT2D eigenvalue weighted by molar-refractivity contribution is 0.794. The second-order valence-electron chi connectivity index (χ2n) is 17.0. The van der Waals surface area contributed by atoms with E-state index in [1.165, 1.54) is 72.0 Å². The summed E-state index contributed by atoms with van der Waals surface area (Å²) >= 11 is 0. The maximum atomic E-state index is 5.16. The molecule has 1 heterocycles. The number of hydrogen-bond acceptors (Lipinski definition) is 3. The second kappa shape index (κ2) is 14.8. The molecule has 0 saturated heterocycles. The van der Waals surface area contributed by atoms with E-state index in [0.717, 1.165) is 33.4 Å². The van der Waals surface area contributed by atoms with Crippen molar-refractivity contribution < 1.29 is 0 Å². The first kappa shape index (κ1) is 37.1. The normalized spacial score (nSPS) is 12.7. The molecule has 0 fully saturated rings. The highest BCUT2D eigenvalue weighted by Gasteiger charge is 2.52. The standard InChI is InChI=1S/C62H39N3/c1-3-17-40(18-4-1)45-22-15-23-46(39-45)61-64-59(43-20-5-2-6-21-43)63-60(65-61)44-35-33-42(34-36-44)57-47-24-8-7-19-41(47)37-38-51(57)50-28-16-32-56-58(50)52-27-11-14-31-55(52)62(56)53-29-12-9-25-48(53)49-26-10-13-30-54(49)62/h1-39H. The van der Waals surface area contributed by atoms with E-state index in [9.17, 15) is 0 Å². The van der Waals surface area contributed by atoms with Crippen LogP contribution in [0, 0.1) is 0 Å². The van der Waals surface area contributed by atoms with Crippen molar-refractivity contribution in [2.45, 2.75) is 5.41 Å². The number of benzene rings is 10. The van der Waals surface area contributed by atoms with Crippen molar-refractivity contribution in [2.75, 3.05) is 0 Å². The molecule has 10 aromatic carbocycles. The monoisotopic (exact) mass is 825 g/mol. The van der Waals surface area contributed by atoms with Crippen LogP contribution in [-0.2, 0) is 5.41 Å². The van der Waals surface area contributed by atoms with E-state index in [1.54, 1.807) is 0 Å². The van der Waals surface area contributed by atoms with E-state index in [4.69, 9.17) is 15.0 Å². The van der Waals surface area contributed by atoms with Crippen LogP contribution in [0.5, 0.6) is 0 Å². The minimum absolute atomic E-state index is 0.418. The maximum absolute atomic E-state index is 5.16. The van der Waals surface area contributed by atoms with Crippen molar-refractivity contribution in [1.82, 2.24) is 15.0 Å². The van der Waals surface area contributed by atoms with Crippen LogP contribution in [0.2, 0.25) is 0 Å². The molecule has 3 nitrogen and oxygen atoms in total. The molecule has 302 valence electrons. The van der Waals surface area contributed by atoms with Gasteiger partial charge in [0.1, 0.15) is 0 Å². The van der Waals surface area contributed by atoms with E-state index in [1.807, 2.05) is 24.3 Å². The van der Waals surface area contributed by atoms with Crippen molar-refractivity contribution in [3.8, 4) is 89.8 Å². The fourth-order valence-electron chi connectivity index (χ4n) is 10.8. The summed E-state index contributed by atoms with van der Waals surface area (Å²) in [5, 5.41) is 2.41. The molecular weight excluding hydrogens is 787 g/mol. The van der Waals surface area contributed by atoms with Gasteiger partial charge >= 0.3 is 0 Å². The van der Waals surface area contributed by atoms with E-state index in [0.29, 0.717) is 17.5 Å². The van der Waals surface area contributed by atoms with Gasteiger partial charge in [-0.3, -0.25) is 0 Å². The highest BCUT2D eigenvalue weighted by atomic mass is 15.0. The first-order chi connectivity index (χ1) is 32.2. The molecule has 2 aliphatic carbocycles. The van der Waals surface area contributed by atoms with E-state index >= 15 is 0 Å². The molecule has 0 unspecified atom stereocenters. The Balaban J connectivity index is 0.979. The molecule has 65 heavy (non-hydrogen) atoms.